The molecule has 1 aromatic carbocycles. The summed E-state index contributed by atoms with van der Waals surface area (Å²) < 4.78 is 0. The van der Waals surface area contributed by atoms with Gasteiger partial charge in [0, 0.05) is 11.6 Å². The van der Waals surface area contributed by atoms with Crippen LogP contribution in [0.25, 0.3) is 0 Å². The molecule has 0 aliphatic heterocycles. The molecule has 1 amide bonds. The van der Waals surface area contributed by atoms with Crippen LogP contribution < -0.4 is 5.32 Å². The van der Waals surface area contributed by atoms with E-state index < -0.39 is 0 Å². The minimum Gasteiger partial charge on any atom is -0.349 e. The molecule has 0 radical (unpaired) electrons. The van der Waals surface area contributed by atoms with E-state index in [0.29, 0.717) is 6.04 Å². The minimum atomic E-state index is 0.0807. The van der Waals surface area contributed by atoms with Gasteiger partial charge in [0.05, 0.1) is 0 Å². The van der Waals surface area contributed by atoms with E-state index in [1.807, 2.05) is 31.2 Å². The number of hydrogen-bond acceptors (Lipinski definition) is 1. The normalized spacial score (nSPS) is 24.4. The number of carbonyl (C=O) groups is 1. The fourth-order valence-corrected chi connectivity index (χ4v) is 2.43. The molecule has 1 fully saturated rings. The van der Waals surface area contributed by atoms with Crippen molar-refractivity contribution in [1.82, 2.24) is 5.32 Å². The third-order valence-corrected chi connectivity index (χ3v) is 3.42. The van der Waals surface area contributed by atoms with Gasteiger partial charge in [0.25, 0.3) is 5.91 Å². The van der Waals surface area contributed by atoms with E-state index in [0.717, 1.165) is 29.9 Å². The third kappa shape index (κ3) is 2.43. The van der Waals surface area contributed by atoms with Gasteiger partial charge in [0.1, 0.15) is 0 Å². The first kappa shape index (κ1) is 11.2. The van der Waals surface area contributed by atoms with Crippen LogP contribution in [0, 0.1) is 12.8 Å². The molecule has 2 heteroatoms. The lowest BCUT2D eigenvalue weighted by Crippen LogP contribution is -2.33. The molecule has 1 N–H and O–H groups in total. The molecule has 0 heterocycles. The summed E-state index contributed by atoms with van der Waals surface area (Å²) in [5.41, 5.74) is 1.85. The van der Waals surface area contributed by atoms with Crippen LogP contribution >= 0.6 is 0 Å². The summed E-state index contributed by atoms with van der Waals surface area (Å²) in [7, 11) is 0. The Hall–Kier alpha value is -1.31. The third-order valence-electron chi connectivity index (χ3n) is 3.42. The molecule has 2 unspecified atom stereocenters. The van der Waals surface area contributed by atoms with Crippen LogP contribution in [0.4, 0.5) is 0 Å². The van der Waals surface area contributed by atoms with Crippen molar-refractivity contribution < 1.29 is 4.79 Å². The smallest absolute Gasteiger partial charge is 0.251 e. The number of nitrogens with one attached hydrogen (secondary N) is 1. The van der Waals surface area contributed by atoms with Crippen LogP contribution in [0.2, 0.25) is 0 Å². The van der Waals surface area contributed by atoms with Crippen molar-refractivity contribution in [2.24, 2.45) is 5.92 Å². The lowest BCUT2D eigenvalue weighted by molar-refractivity contribution is 0.0936. The van der Waals surface area contributed by atoms with Gasteiger partial charge in [-0.05, 0) is 43.7 Å². The summed E-state index contributed by atoms with van der Waals surface area (Å²) in [6.45, 7) is 4.23. The number of carbonyl (C=O) groups excluding carboxylic acids is 1. The van der Waals surface area contributed by atoms with Crippen LogP contribution in [-0.4, -0.2) is 11.9 Å². The van der Waals surface area contributed by atoms with Crippen molar-refractivity contribution >= 4 is 5.91 Å². The SMILES string of the molecule is Cc1ccccc1C(=O)NC1CCC(C)C1. The molecule has 1 aromatic rings. The summed E-state index contributed by atoms with van der Waals surface area (Å²) >= 11 is 0. The molecule has 0 saturated heterocycles. The Morgan fingerprint density at radius 2 is 2.06 bits per heavy atom. The molecule has 1 saturated carbocycles. The van der Waals surface area contributed by atoms with Crippen LogP contribution in [0.1, 0.15) is 42.1 Å². The van der Waals surface area contributed by atoms with E-state index in [1.54, 1.807) is 0 Å². The van der Waals surface area contributed by atoms with E-state index >= 15 is 0 Å². The van der Waals surface area contributed by atoms with Gasteiger partial charge in [-0.1, -0.05) is 25.1 Å². The lowest BCUT2D eigenvalue weighted by atomic mass is 10.1. The maximum absolute atomic E-state index is 12.0. The highest BCUT2D eigenvalue weighted by Crippen LogP contribution is 2.24. The molecular weight excluding hydrogens is 198 g/mol. The zero-order valence-electron chi connectivity index (χ0n) is 9.99. The van der Waals surface area contributed by atoms with Crippen molar-refractivity contribution in [1.29, 1.82) is 0 Å². The van der Waals surface area contributed by atoms with Crippen LogP contribution in [0.15, 0.2) is 24.3 Å². The van der Waals surface area contributed by atoms with Crippen molar-refractivity contribution in [3.8, 4) is 0 Å². The molecule has 0 aromatic heterocycles. The molecule has 2 atom stereocenters. The zero-order chi connectivity index (χ0) is 11.5. The Balaban J connectivity index is 2.01. The second-order valence-electron chi connectivity index (χ2n) is 4.90. The van der Waals surface area contributed by atoms with E-state index in [9.17, 15) is 4.79 Å². The largest absolute Gasteiger partial charge is 0.349 e. The maximum Gasteiger partial charge on any atom is 0.251 e. The molecule has 86 valence electrons. The fraction of sp³-hybridized carbons (Fsp3) is 0.500. The highest BCUT2D eigenvalue weighted by molar-refractivity contribution is 5.95. The number of rotatable bonds is 2. The minimum absolute atomic E-state index is 0.0807. The van der Waals surface area contributed by atoms with Gasteiger partial charge < -0.3 is 5.32 Å². The predicted octanol–water partition coefficient (Wildman–Crippen LogP) is 2.91. The second-order valence-corrected chi connectivity index (χ2v) is 4.90. The average molecular weight is 217 g/mol. The van der Waals surface area contributed by atoms with Gasteiger partial charge in [-0.2, -0.15) is 0 Å². The molecular formula is C14H19NO. The Morgan fingerprint density at radius 1 is 1.31 bits per heavy atom. The van der Waals surface area contributed by atoms with Crippen molar-refractivity contribution in [3.63, 3.8) is 0 Å². The van der Waals surface area contributed by atoms with Crippen LogP contribution in [-0.2, 0) is 0 Å². The van der Waals surface area contributed by atoms with Gasteiger partial charge >= 0.3 is 0 Å². The molecule has 2 nitrogen and oxygen atoms in total. The van der Waals surface area contributed by atoms with Gasteiger partial charge in [0.15, 0.2) is 0 Å². The van der Waals surface area contributed by atoms with E-state index in [2.05, 4.69) is 12.2 Å². The first-order valence-electron chi connectivity index (χ1n) is 6.03. The Morgan fingerprint density at radius 3 is 2.69 bits per heavy atom. The predicted molar refractivity (Wildman–Crippen MR) is 65.4 cm³/mol. The van der Waals surface area contributed by atoms with Crippen LogP contribution in [0.3, 0.4) is 0 Å². The monoisotopic (exact) mass is 217 g/mol. The Kier molecular flexibility index (Phi) is 3.28. The van der Waals surface area contributed by atoms with Crippen molar-refractivity contribution in [2.75, 3.05) is 0 Å². The number of aryl methyl sites for hydroxylation is 1. The average Bonchev–Trinajstić information content (AvgIpc) is 2.64. The van der Waals surface area contributed by atoms with Crippen molar-refractivity contribution in [2.45, 2.75) is 39.2 Å². The standard InChI is InChI=1S/C14H19NO/c1-10-7-8-12(9-10)15-14(16)13-6-4-3-5-11(13)2/h3-6,10,12H,7-9H2,1-2H3,(H,15,16). The summed E-state index contributed by atoms with van der Waals surface area (Å²) in [5.74, 6) is 0.833. The molecule has 0 spiro atoms. The lowest BCUT2D eigenvalue weighted by Gasteiger charge is -2.13. The summed E-state index contributed by atoms with van der Waals surface area (Å²) in [6, 6.07) is 8.13. The van der Waals surface area contributed by atoms with Gasteiger partial charge in [-0.3, -0.25) is 4.79 Å². The zero-order valence-corrected chi connectivity index (χ0v) is 9.99. The maximum atomic E-state index is 12.0. The Labute approximate surface area is 97.1 Å². The molecule has 2 rings (SSSR count). The number of hydrogen-bond donors (Lipinski definition) is 1. The van der Waals surface area contributed by atoms with Gasteiger partial charge in [0.2, 0.25) is 0 Å². The summed E-state index contributed by atoms with van der Waals surface area (Å²) in [4.78, 5) is 12.0. The fourth-order valence-electron chi connectivity index (χ4n) is 2.43. The summed E-state index contributed by atoms with van der Waals surface area (Å²) in [6.07, 6.45) is 3.48. The van der Waals surface area contributed by atoms with E-state index in [1.165, 1.54) is 6.42 Å². The quantitative estimate of drug-likeness (QED) is 0.810. The molecule has 16 heavy (non-hydrogen) atoms. The number of amides is 1. The number of benzene rings is 1. The second kappa shape index (κ2) is 4.69. The van der Waals surface area contributed by atoms with E-state index in [-0.39, 0.29) is 5.91 Å². The first-order valence-corrected chi connectivity index (χ1v) is 6.03. The van der Waals surface area contributed by atoms with Crippen molar-refractivity contribution in [3.05, 3.63) is 35.4 Å². The molecule has 1 aliphatic rings. The van der Waals surface area contributed by atoms with Crippen LogP contribution in [0.5, 0.6) is 0 Å². The van der Waals surface area contributed by atoms with E-state index in [4.69, 9.17) is 0 Å². The topological polar surface area (TPSA) is 29.1 Å². The Bertz CT molecular complexity index is 386. The summed E-state index contributed by atoms with van der Waals surface area (Å²) in [5, 5.41) is 3.13. The van der Waals surface area contributed by atoms with Gasteiger partial charge in [-0.15, -0.1) is 0 Å². The van der Waals surface area contributed by atoms with Gasteiger partial charge in [-0.25, -0.2) is 0 Å². The highest BCUT2D eigenvalue weighted by atomic mass is 16.1. The molecule has 1 aliphatic carbocycles. The molecule has 0 bridgehead atoms. The highest BCUT2D eigenvalue weighted by Gasteiger charge is 2.23. The first-order chi connectivity index (χ1) is 7.66.